The Kier molecular flexibility index (Phi) is 18.3. The van der Waals surface area contributed by atoms with E-state index in [-0.39, 0.29) is 0 Å². The molecular formula is C21H45BrS. The molecule has 0 aromatic rings. The summed E-state index contributed by atoms with van der Waals surface area (Å²) in [5.41, 5.74) is 0. The minimum absolute atomic E-state index is 0.485. The van der Waals surface area contributed by atoms with E-state index in [1.54, 1.807) is 0 Å². The first kappa shape index (κ1) is 23.8. The van der Waals surface area contributed by atoms with E-state index in [4.69, 9.17) is 0 Å². The number of hydrogen-bond acceptors (Lipinski definition) is 0. The molecule has 0 bridgehead atoms. The van der Waals surface area contributed by atoms with Crippen LogP contribution in [0.4, 0.5) is 0 Å². The van der Waals surface area contributed by atoms with Crippen LogP contribution in [0.15, 0.2) is 0 Å². The molecule has 23 heavy (non-hydrogen) atoms. The second-order valence-corrected chi connectivity index (χ2v) is 14.5. The first-order valence-electron chi connectivity index (χ1n) is 10.6. The Morgan fingerprint density at radius 2 is 0.696 bits per heavy atom. The van der Waals surface area contributed by atoms with Crippen molar-refractivity contribution in [3.63, 3.8) is 0 Å². The molecule has 142 valence electrons. The van der Waals surface area contributed by atoms with Gasteiger partial charge in [0, 0.05) is 0 Å². The van der Waals surface area contributed by atoms with Crippen molar-refractivity contribution in [3.05, 3.63) is 0 Å². The molecule has 2 heteroatoms. The van der Waals surface area contributed by atoms with Gasteiger partial charge in [0.2, 0.25) is 0 Å². The predicted molar refractivity (Wildman–Crippen MR) is 117 cm³/mol. The van der Waals surface area contributed by atoms with Crippen LogP contribution in [0, 0.1) is 0 Å². The maximum Gasteiger partial charge on any atom is -0.0136 e. The maximum absolute atomic E-state index is 4.27. The molecule has 0 aliphatic rings. The highest BCUT2D eigenvalue weighted by molar-refractivity contribution is 9.58. The highest BCUT2D eigenvalue weighted by atomic mass is 79.9. The average molecular weight is 410 g/mol. The fraction of sp³-hybridized carbons (Fsp3) is 1.00. The van der Waals surface area contributed by atoms with Gasteiger partial charge in [-0.25, -0.2) is 0 Å². The average Bonchev–Trinajstić information content (AvgIpc) is 2.55. The summed E-state index contributed by atoms with van der Waals surface area (Å²) in [7, 11) is -0.485. The van der Waals surface area contributed by atoms with Crippen molar-refractivity contribution in [1.29, 1.82) is 0 Å². The molecule has 0 rings (SSSR count). The second-order valence-electron chi connectivity index (χ2n) is 7.29. The highest BCUT2D eigenvalue weighted by Gasteiger charge is 2.19. The Morgan fingerprint density at radius 3 is 1.04 bits per heavy atom. The van der Waals surface area contributed by atoms with E-state index in [1.165, 1.54) is 114 Å². The summed E-state index contributed by atoms with van der Waals surface area (Å²) in [5.74, 6) is 4.45. The first-order valence-corrected chi connectivity index (χ1v) is 14.6. The van der Waals surface area contributed by atoms with Crippen molar-refractivity contribution < 1.29 is 0 Å². The van der Waals surface area contributed by atoms with Crippen LogP contribution < -0.4 is 0 Å². The van der Waals surface area contributed by atoms with Crippen LogP contribution in [0.5, 0.6) is 0 Å². The zero-order valence-corrected chi connectivity index (χ0v) is 18.9. The largest absolute Gasteiger partial charge is 0.183 e. The van der Waals surface area contributed by atoms with Crippen molar-refractivity contribution in [2.24, 2.45) is 0 Å². The molecule has 0 saturated carbocycles. The summed E-state index contributed by atoms with van der Waals surface area (Å²) in [6.07, 6.45) is 21.5. The Hall–Kier alpha value is 0.830. The lowest BCUT2D eigenvalue weighted by atomic mass is 10.1. The highest BCUT2D eigenvalue weighted by Crippen LogP contribution is 2.57. The lowest BCUT2D eigenvalue weighted by molar-refractivity contribution is 0.603. The summed E-state index contributed by atoms with van der Waals surface area (Å²) in [6.45, 7) is 6.94. The summed E-state index contributed by atoms with van der Waals surface area (Å²) in [5, 5.41) is 0. The molecule has 0 N–H and O–H groups in total. The van der Waals surface area contributed by atoms with Crippen LogP contribution in [0.25, 0.3) is 0 Å². The number of rotatable bonds is 18. The normalized spacial score (nSPS) is 12.7. The van der Waals surface area contributed by atoms with Gasteiger partial charge < -0.3 is 0 Å². The van der Waals surface area contributed by atoms with Gasteiger partial charge in [-0.3, -0.25) is 0 Å². The van der Waals surface area contributed by atoms with Crippen LogP contribution in [0.3, 0.4) is 0 Å². The lowest BCUT2D eigenvalue weighted by Crippen LogP contribution is -2.08. The molecule has 0 atom stereocenters. The SMILES string of the molecule is CCCCCCCCCS(Br)(CCCCCC)CCCCCC. The van der Waals surface area contributed by atoms with Gasteiger partial charge in [0.15, 0.2) is 0 Å². The van der Waals surface area contributed by atoms with Crippen LogP contribution in [-0.2, 0) is 0 Å². The Morgan fingerprint density at radius 1 is 0.435 bits per heavy atom. The fourth-order valence-corrected chi connectivity index (χ4v) is 8.04. The van der Waals surface area contributed by atoms with Crippen molar-refractivity contribution >= 4 is 23.3 Å². The molecule has 0 nitrogen and oxygen atoms in total. The molecule has 0 heterocycles. The molecule has 0 spiro atoms. The zero-order valence-electron chi connectivity index (χ0n) is 16.5. The van der Waals surface area contributed by atoms with Gasteiger partial charge in [-0.05, 0) is 51.3 Å². The summed E-state index contributed by atoms with van der Waals surface area (Å²) >= 11 is 4.27. The minimum atomic E-state index is -0.485. The van der Waals surface area contributed by atoms with Gasteiger partial charge >= 0.3 is 0 Å². The zero-order chi connectivity index (χ0) is 17.2. The van der Waals surface area contributed by atoms with Gasteiger partial charge in [0.25, 0.3) is 0 Å². The van der Waals surface area contributed by atoms with Crippen LogP contribution in [0.1, 0.15) is 117 Å². The Bertz CT molecular complexity index is 218. The van der Waals surface area contributed by atoms with Crippen molar-refractivity contribution in [1.82, 2.24) is 0 Å². The molecule has 0 aliphatic carbocycles. The van der Waals surface area contributed by atoms with Gasteiger partial charge in [-0.2, -0.15) is 8.46 Å². The third-order valence-corrected chi connectivity index (χ3v) is 10.8. The molecule has 0 aromatic heterocycles. The van der Waals surface area contributed by atoms with Crippen LogP contribution in [-0.4, -0.2) is 17.3 Å². The first-order chi connectivity index (χ1) is 11.2. The van der Waals surface area contributed by atoms with Crippen molar-refractivity contribution in [3.8, 4) is 0 Å². The molecule has 0 amide bonds. The number of halogens is 1. The van der Waals surface area contributed by atoms with Gasteiger partial charge in [0.1, 0.15) is 0 Å². The smallest absolute Gasteiger partial charge is 0.0136 e. The molecule has 0 unspecified atom stereocenters. The Labute approximate surface area is 157 Å². The third kappa shape index (κ3) is 16.1. The Balaban J connectivity index is 3.94. The van der Waals surface area contributed by atoms with Gasteiger partial charge in [0.05, 0.1) is 0 Å². The van der Waals surface area contributed by atoms with Crippen LogP contribution >= 0.6 is 23.3 Å². The molecule has 0 aliphatic heterocycles. The molecule has 0 fully saturated rings. The van der Waals surface area contributed by atoms with E-state index in [0.29, 0.717) is 0 Å². The number of hydrogen-bond donors (Lipinski definition) is 0. The quantitative estimate of drug-likeness (QED) is 0.198. The van der Waals surface area contributed by atoms with E-state index in [1.807, 2.05) is 0 Å². The fourth-order valence-electron chi connectivity index (χ4n) is 3.20. The molecular weight excluding hydrogens is 364 g/mol. The molecule has 0 saturated heterocycles. The molecule has 0 aromatic carbocycles. The maximum atomic E-state index is 4.27. The van der Waals surface area contributed by atoms with E-state index in [0.717, 1.165) is 0 Å². The van der Waals surface area contributed by atoms with Gasteiger partial charge in [-0.1, -0.05) is 97.8 Å². The second kappa shape index (κ2) is 17.6. The topological polar surface area (TPSA) is 0 Å². The summed E-state index contributed by atoms with van der Waals surface area (Å²) in [6, 6.07) is 0. The summed E-state index contributed by atoms with van der Waals surface area (Å²) in [4.78, 5) is 0. The predicted octanol–water partition coefficient (Wildman–Crippen LogP) is 9.01. The van der Waals surface area contributed by atoms with Crippen molar-refractivity contribution in [2.45, 2.75) is 117 Å². The monoisotopic (exact) mass is 408 g/mol. The lowest BCUT2D eigenvalue weighted by Gasteiger charge is -2.34. The van der Waals surface area contributed by atoms with Crippen molar-refractivity contribution in [2.75, 3.05) is 17.3 Å². The standard InChI is InChI=1S/C21H45BrS/c1-4-7-10-13-14-15-18-21-23(22,19-16-11-8-5-2)20-17-12-9-6-3/h4-21H2,1-3H3. The van der Waals surface area contributed by atoms with E-state index in [2.05, 4.69) is 35.6 Å². The van der Waals surface area contributed by atoms with E-state index >= 15 is 0 Å². The minimum Gasteiger partial charge on any atom is -0.183 e. The van der Waals surface area contributed by atoms with Gasteiger partial charge in [-0.15, -0.1) is 0 Å². The summed E-state index contributed by atoms with van der Waals surface area (Å²) < 4.78 is 0. The third-order valence-electron chi connectivity index (χ3n) is 4.84. The van der Waals surface area contributed by atoms with Crippen LogP contribution in [0.2, 0.25) is 0 Å². The van der Waals surface area contributed by atoms with E-state index < -0.39 is 8.46 Å². The van der Waals surface area contributed by atoms with E-state index in [9.17, 15) is 0 Å². The molecule has 0 radical (unpaired) electrons. The number of unbranched alkanes of at least 4 members (excludes halogenated alkanes) is 12.